The number of morpholine rings is 1. The number of benzene rings is 2. The number of anilines is 2. The lowest BCUT2D eigenvalue weighted by atomic mass is 10.1. The van der Waals surface area contributed by atoms with Crippen LogP contribution in [0.2, 0.25) is 0 Å². The van der Waals surface area contributed by atoms with Crippen LogP contribution in [0, 0.1) is 0 Å². The molecule has 4 rings (SSSR count). The van der Waals surface area contributed by atoms with Crippen molar-refractivity contribution in [3.05, 3.63) is 60.4 Å². The number of nitrogens with zero attached hydrogens (tertiary/aromatic N) is 3. The Bertz CT molecular complexity index is 830. The van der Waals surface area contributed by atoms with Crippen molar-refractivity contribution in [2.24, 2.45) is 0 Å². The summed E-state index contributed by atoms with van der Waals surface area (Å²) in [5.74, 6) is 1.80. The Kier molecular flexibility index (Phi) is 4.25. The second kappa shape index (κ2) is 6.84. The molecule has 3 aromatic rings. The number of hydrogen-bond acceptors (Lipinski definition) is 5. The summed E-state index contributed by atoms with van der Waals surface area (Å²) in [6.45, 7) is 4.00. The molecular formula is C19H20N4O. The summed E-state index contributed by atoms with van der Waals surface area (Å²) >= 11 is 0. The van der Waals surface area contributed by atoms with Crippen molar-refractivity contribution < 1.29 is 4.74 Å². The number of rotatable bonds is 4. The van der Waals surface area contributed by atoms with Crippen LogP contribution in [0.25, 0.3) is 10.8 Å². The van der Waals surface area contributed by atoms with E-state index in [4.69, 9.17) is 4.74 Å². The first-order valence-electron chi connectivity index (χ1n) is 8.25. The molecule has 0 bridgehead atoms. The fourth-order valence-corrected chi connectivity index (χ4v) is 2.95. The zero-order chi connectivity index (χ0) is 16.2. The van der Waals surface area contributed by atoms with Crippen molar-refractivity contribution in [2.45, 2.75) is 6.54 Å². The van der Waals surface area contributed by atoms with Gasteiger partial charge in [-0.2, -0.15) is 0 Å². The molecular weight excluding hydrogens is 300 g/mol. The van der Waals surface area contributed by atoms with E-state index >= 15 is 0 Å². The molecule has 1 aliphatic rings. The highest BCUT2D eigenvalue weighted by atomic mass is 16.5. The van der Waals surface area contributed by atoms with Crippen molar-refractivity contribution in [1.29, 1.82) is 0 Å². The molecule has 0 unspecified atom stereocenters. The molecule has 2 aromatic carbocycles. The van der Waals surface area contributed by atoms with Crippen LogP contribution >= 0.6 is 0 Å². The molecule has 2 heterocycles. The van der Waals surface area contributed by atoms with Gasteiger partial charge >= 0.3 is 0 Å². The Hall–Kier alpha value is -2.66. The largest absolute Gasteiger partial charge is 0.378 e. The van der Waals surface area contributed by atoms with Gasteiger partial charge in [-0.15, -0.1) is 0 Å². The standard InChI is InChI=1S/C19H20N4O/c1-2-4-17-11-15(5-6-16(17)3-1)13-20-18-12-19(22-14-21-18)23-7-9-24-10-8-23/h1-6,11-12,14H,7-10,13H2,(H,20,21,22). The van der Waals surface area contributed by atoms with E-state index in [1.807, 2.05) is 6.07 Å². The fourth-order valence-electron chi connectivity index (χ4n) is 2.95. The highest BCUT2D eigenvalue weighted by Gasteiger charge is 2.12. The van der Waals surface area contributed by atoms with Crippen molar-refractivity contribution in [2.75, 3.05) is 36.5 Å². The molecule has 1 N–H and O–H groups in total. The third kappa shape index (κ3) is 3.31. The van der Waals surface area contributed by atoms with E-state index in [1.165, 1.54) is 16.3 Å². The van der Waals surface area contributed by atoms with Gasteiger partial charge in [0.25, 0.3) is 0 Å². The number of aromatic nitrogens is 2. The minimum Gasteiger partial charge on any atom is -0.378 e. The first-order chi connectivity index (χ1) is 11.9. The van der Waals surface area contributed by atoms with E-state index in [-0.39, 0.29) is 0 Å². The maximum Gasteiger partial charge on any atom is 0.134 e. The molecule has 24 heavy (non-hydrogen) atoms. The smallest absolute Gasteiger partial charge is 0.134 e. The van der Waals surface area contributed by atoms with Gasteiger partial charge in [-0.05, 0) is 22.4 Å². The van der Waals surface area contributed by atoms with Crippen LogP contribution < -0.4 is 10.2 Å². The van der Waals surface area contributed by atoms with Gasteiger partial charge in [0.2, 0.25) is 0 Å². The minimum atomic E-state index is 0.740. The molecule has 1 fully saturated rings. The number of ether oxygens (including phenoxy) is 1. The molecule has 5 heteroatoms. The zero-order valence-electron chi connectivity index (χ0n) is 13.5. The summed E-state index contributed by atoms with van der Waals surface area (Å²) in [6.07, 6.45) is 1.62. The van der Waals surface area contributed by atoms with Crippen LogP contribution in [0.1, 0.15) is 5.56 Å². The highest BCUT2D eigenvalue weighted by Crippen LogP contribution is 2.18. The van der Waals surface area contributed by atoms with Crippen molar-refractivity contribution in [3.63, 3.8) is 0 Å². The van der Waals surface area contributed by atoms with Gasteiger partial charge in [0.1, 0.15) is 18.0 Å². The Morgan fingerprint density at radius 2 is 1.79 bits per heavy atom. The molecule has 0 radical (unpaired) electrons. The topological polar surface area (TPSA) is 50.3 Å². The third-order valence-corrected chi connectivity index (χ3v) is 4.28. The molecule has 122 valence electrons. The quantitative estimate of drug-likeness (QED) is 0.800. The monoisotopic (exact) mass is 320 g/mol. The molecule has 0 saturated carbocycles. The van der Waals surface area contributed by atoms with Crippen LogP contribution in [-0.4, -0.2) is 36.3 Å². The Morgan fingerprint density at radius 1 is 0.958 bits per heavy atom. The van der Waals surface area contributed by atoms with E-state index < -0.39 is 0 Å². The Labute approximate surface area is 141 Å². The normalized spacial score (nSPS) is 14.8. The van der Waals surface area contributed by atoms with Gasteiger partial charge in [0, 0.05) is 25.7 Å². The lowest BCUT2D eigenvalue weighted by Crippen LogP contribution is -2.36. The fraction of sp³-hybridized carbons (Fsp3) is 0.263. The van der Waals surface area contributed by atoms with E-state index in [0.717, 1.165) is 44.5 Å². The van der Waals surface area contributed by atoms with Crippen LogP contribution in [0.3, 0.4) is 0 Å². The first-order valence-corrected chi connectivity index (χ1v) is 8.25. The minimum absolute atomic E-state index is 0.740. The predicted octanol–water partition coefficient (Wildman–Crippen LogP) is 3.08. The van der Waals surface area contributed by atoms with E-state index in [1.54, 1.807) is 6.33 Å². The average Bonchev–Trinajstić information content (AvgIpc) is 2.67. The Morgan fingerprint density at radius 3 is 2.67 bits per heavy atom. The number of hydrogen-bond donors (Lipinski definition) is 1. The molecule has 1 aromatic heterocycles. The van der Waals surface area contributed by atoms with E-state index in [9.17, 15) is 0 Å². The molecule has 0 atom stereocenters. The maximum atomic E-state index is 5.39. The van der Waals surface area contributed by atoms with Crippen molar-refractivity contribution in [3.8, 4) is 0 Å². The number of fused-ring (bicyclic) bond motifs is 1. The van der Waals surface area contributed by atoms with Crippen LogP contribution in [0.15, 0.2) is 54.9 Å². The van der Waals surface area contributed by atoms with Gasteiger partial charge in [0.05, 0.1) is 13.2 Å². The molecule has 0 amide bonds. The van der Waals surface area contributed by atoms with Gasteiger partial charge in [0.15, 0.2) is 0 Å². The van der Waals surface area contributed by atoms with Crippen LogP contribution in [0.4, 0.5) is 11.6 Å². The Balaban J connectivity index is 1.46. The van der Waals surface area contributed by atoms with Gasteiger partial charge in [-0.1, -0.05) is 36.4 Å². The molecule has 1 aliphatic heterocycles. The highest BCUT2D eigenvalue weighted by molar-refractivity contribution is 5.83. The van der Waals surface area contributed by atoms with Crippen LogP contribution in [-0.2, 0) is 11.3 Å². The third-order valence-electron chi connectivity index (χ3n) is 4.28. The molecule has 5 nitrogen and oxygen atoms in total. The SMILES string of the molecule is c1ccc2cc(CNc3cc(N4CCOCC4)ncn3)ccc2c1. The summed E-state index contributed by atoms with van der Waals surface area (Å²) < 4.78 is 5.39. The number of nitrogens with one attached hydrogen (secondary N) is 1. The lowest BCUT2D eigenvalue weighted by molar-refractivity contribution is 0.122. The summed E-state index contributed by atoms with van der Waals surface area (Å²) in [7, 11) is 0. The maximum absolute atomic E-state index is 5.39. The van der Waals surface area contributed by atoms with Gasteiger partial charge in [-0.25, -0.2) is 9.97 Å². The molecule has 0 aliphatic carbocycles. The van der Waals surface area contributed by atoms with Crippen LogP contribution in [0.5, 0.6) is 0 Å². The van der Waals surface area contributed by atoms with Gasteiger partial charge < -0.3 is 15.0 Å². The lowest BCUT2D eigenvalue weighted by Gasteiger charge is -2.27. The van der Waals surface area contributed by atoms with E-state index in [0.29, 0.717) is 0 Å². The summed E-state index contributed by atoms with van der Waals surface area (Å²) in [5, 5.41) is 5.92. The van der Waals surface area contributed by atoms with E-state index in [2.05, 4.69) is 62.6 Å². The molecule has 1 saturated heterocycles. The summed E-state index contributed by atoms with van der Waals surface area (Å²) in [4.78, 5) is 10.9. The predicted molar refractivity (Wildman–Crippen MR) is 96.3 cm³/mol. The summed E-state index contributed by atoms with van der Waals surface area (Å²) in [5.41, 5.74) is 1.24. The first kappa shape index (κ1) is 14.9. The second-order valence-corrected chi connectivity index (χ2v) is 5.90. The zero-order valence-corrected chi connectivity index (χ0v) is 13.5. The van der Waals surface area contributed by atoms with Crippen molar-refractivity contribution >= 4 is 22.4 Å². The molecule has 0 spiro atoms. The average molecular weight is 320 g/mol. The second-order valence-electron chi connectivity index (χ2n) is 5.90. The van der Waals surface area contributed by atoms with Gasteiger partial charge in [-0.3, -0.25) is 0 Å². The van der Waals surface area contributed by atoms with Crippen molar-refractivity contribution in [1.82, 2.24) is 9.97 Å². The summed E-state index contributed by atoms with van der Waals surface area (Å²) in [6, 6.07) is 16.9.